The minimum absolute atomic E-state index is 0.00182. The van der Waals surface area contributed by atoms with E-state index in [1.54, 1.807) is 34.0 Å². The summed E-state index contributed by atoms with van der Waals surface area (Å²) in [5.41, 5.74) is 6.44. The summed E-state index contributed by atoms with van der Waals surface area (Å²) >= 11 is 0. The van der Waals surface area contributed by atoms with Crippen molar-refractivity contribution in [2.24, 2.45) is 5.73 Å². The molecule has 1 aromatic rings. The number of benzene rings is 1. The predicted octanol–water partition coefficient (Wildman–Crippen LogP) is 1.10. The molecule has 2 saturated heterocycles. The second-order valence-corrected chi connectivity index (χ2v) is 8.31. The van der Waals surface area contributed by atoms with Gasteiger partial charge in [-0.05, 0) is 43.5 Å². The highest BCUT2D eigenvalue weighted by Crippen LogP contribution is 2.28. The fourth-order valence-electron chi connectivity index (χ4n) is 4.30. The summed E-state index contributed by atoms with van der Waals surface area (Å²) in [5, 5.41) is 5.97. The highest BCUT2D eigenvalue weighted by molar-refractivity contribution is 5.91. The topological polar surface area (TPSA) is 102 Å². The number of hydrogen-bond acceptors (Lipinski definition) is 5. The summed E-state index contributed by atoms with van der Waals surface area (Å²) in [6.45, 7) is 3.55. The maximum Gasteiger partial charge on any atom is 0.334 e. The molecule has 3 rings (SSSR count). The maximum atomic E-state index is 13.2. The molecule has 0 aromatic heterocycles. The first-order chi connectivity index (χ1) is 15.4. The molecule has 0 spiro atoms. The van der Waals surface area contributed by atoms with Crippen LogP contribution >= 0.6 is 0 Å². The number of fused-ring (bicyclic) bond motifs is 1. The van der Waals surface area contributed by atoms with Gasteiger partial charge in [-0.15, -0.1) is 0 Å². The molecule has 2 aliphatic heterocycles. The number of unbranched alkanes of at least 4 members (excludes halogenated alkanes) is 1. The van der Waals surface area contributed by atoms with Crippen LogP contribution in [0.1, 0.15) is 38.2 Å². The quantitative estimate of drug-likeness (QED) is 0.620. The molecule has 1 aromatic carbocycles. The van der Waals surface area contributed by atoms with E-state index >= 15 is 0 Å². The van der Waals surface area contributed by atoms with Crippen molar-refractivity contribution in [3.8, 4) is 0 Å². The van der Waals surface area contributed by atoms with Crippen LogP contribution in [0.25, 0.3) is 0 Å². The average Bonchev–Trinajstić information content (AvgIpc) is 2.77. The predicted molar refractivity (Wildman–Crippen MR) is 117 cm³/mol. The van der Waals surface area contributed by atoms with Crippen molar-refractivity contribution in [2.75, 3.05) is 33.2 Å². The molecule has 2 atom stereocenters. The third-order valence-corrected chi connectivity index (χ3v) is 5.97. The smallest absolute Gasteiger partial charge is 0.334 e. The van der Waals surface area contributed by atoms with Gasteiger partial charge in [0.25, 0.3) is 0 Å². The van der Waals surface area contributed by atoms with Gasteiger partial charge < -0.3 is 20.9 Å². The lowest BCUT2D eigenvalue weighted by Gasteiger charge is -2.54. The van der Waals surface area contributed by atoms with Gasteiger partial charge in [-0.1, -0.05) is 25.5 Å². The third kappa shape index (κ3) is 5.18. The van der Waals surface area contributed by atoms with Crippen LogP contribution in [0.2, 0.25) is 0 Å². The number of amides is 4. The number of piperazine rings is 1. The molecule has 10 heteroatoms. The molecule has 4 amide bonds. The van der Waals surface area contributed by atoms with Crippen molar-refractivity contribution in [1.82, 2.24) is 25.1 Å². The number of likely N-dealkylation sites (N-methyl/N-ethyl adjacent to an activating group) is 1. The van der Waals surface area contributed by atoms with Gasteiger partial charge in [-0.2, -0.15) is 0 Å². The van der Waals surface area contributed by atoms with Crippen molar-refractivity contribution in [3.05, 3.63) is 35.6 Å². The van der Waals surface area contributed by atoms with E-state index < -0.39 is 12.2 Å². The number of nitrogens with two attached hydrogens (primary N) is 1. The van der Waals surface area contributed by atoms with Gasteiger partial charge in [0, 0.05) is 20.1 Å². The zero-order valence-electron chi connectivity index (χ0n) is 18.8. The Labute approximate surface area is 188 Å². The van der Waals surface area contributed by atoms with Crippen LogP contribution < -0.4 is 11.1 Å². The third-order valence-electron chi connectivity index (χ3n) is 5.97. The zero-order chi connectivity index (χ0) is 23.3. The van der Waals surface area contributed by atoms with Crippen molar-refractivity contribution in [2.45, 2.75) is 51.4 Å². The molecule has 2 fully saturated rings. The number of urea groups is 1. The van der Waals surface area contributed by atoms with E-state index in [0.717, 1.165) is 18.4 Å². The molecule has 176 valence electrons. The lowest BCUT2D eigenvalue weighted by molar-refractivity contribution is -0.187. The molecular weight excluding hydrogens is 415 g/mol. The zero-order valence-corrected chi connectivity index (χ0v) is 18.8. The lowest BCUT2D eigenvalue weighted by atomic mass is 10.0. The van der Waals surface area contributed by atoms with Crippen LogP contribution in [-0.2, 0) is 16.1 Å². The number of hydrogen-bond donors (Lipinski definition) is 2. The number of nitrogens with zero attached hydrogens (tertiary/aromatic N) is 4. The minimum atomic E-state index is -0.622. The number of carbonyl (C=O) groups is 3. The molecule has 2 aliphatic rings. The van der Waals surface area contributed by atoms with Gasteiger partial charge in [0.05, 0.1) is 13.1 Å². The number of hydrazine groups is 1. The average molecular weight is 449 g/mol. The Morgan fingerprint density at radius 1 is 1.22 bits per heavy atom. The molecule has 0 saturated carbocycles. The summed E-state index contributed by atoms with van der Waals surface area (Å²) < 4.78 is 13.2. The van der Waals surface area contributed by atoms with Crippen molar-refractivity contribution in [1.29, 1.82) is 0 Å². The largest absolute Gasteiger partial charge is 0.337 e. The maximum absolute atomic E-state index is 13.2. The fraction of sp³-hybridized carbons (Fsp3) is 0.591. The van der Waals surface area contributed by atoms with E-state index in [2.05, 4.69) is 12.2 Å². The second-order valence-electron chi connectivity index (χ2n) is 8.31. The molecular formula is C22H33FN6O3. The number of carbonyl (C=O) groups excluding carboxylic acids is 3. The first kappa shape index (κ1) is 23.9. The van der Waals surface area contributed by atoms with Crippen LogP contribution in [0.3, 0.4) is 0 Å². The highest BCUT2D eigenvalue weighted by Gasteiger charge is 2.50. The van der Waals surface area contributed by atoms with Crippen LogP contribution in [0, 0.1) is 5.82 Å². The van der Waals surface area contributed by atoms with Gasteiger partial charge in [0.15, 0.2) is 0 Å². The van der Waals surface area contributed by atoms with Crippen molar-refractivity contribution in [3.63, 3.8) is 0 Å². The Balaban J connectivity index is 1.81. The first-order valence-corrected chi connectivity index (χ1v) is 11.2. The van der Waals surface area contributed by atoms with Crippen molar-refractivity contribution >= 4 is 17.8 Å². The van der Waals surface area contributed by atoms with E-state index in [1.165, 1.54) is 17.1 Å². The highest BCUT2D eigenvalue weighted by atomic mass is 19.1. The minimum Gasteiger partial charge on any atom is -0.337 e. The van der Waals surface area contributed by atoms with Gasteiger partial charge in [-0.3, -0.25) is 9.59 Å². The molecule has 2 heterocycles. The van der Waals surface area contributed by atoms with Crippen LogP contribution in [0.15, 0.2) is 24.3 Å². The Morgan fingerprint density at radius 2 is 1.94 bits per heavy atom. The second kappa shape index (κ2) is 10.7. The number of halogens is 1. The Hall–Kier alpha value is -2.72. The normalized spacial score (nSPS) is 21.7. The number of rotatable bonds is 8. The van der Waals surface area contributed by atoms with E-state index in [4.69, 9.17) is 5.73 Å². The Bertz CT molecular complexity index is 820. The standard InChI is InChI=1S/C22H33FN6O3/c1-3-4-12-27-14-19-28(18(21(27)31)6-5-11-24)20(30)15-26(2)29(19)22(32)25-13-16-7-9-17(23)10-8-16/h7-10,18-19H,3-6,11-15,24H2,1-2H3,(H,25,32)/t18-,19-/m0/s1. The van der Waals surface area contributed by atoms with Crippen LogP contribution in [0.5, 0.6) is 0 Å². The molecule has 0 bridgehead atoms. The SMILES string of the molecule is CCCCN1C[C@H]2N(C(=O)CN(C)N2C(=O)NCc2ccc(F)cc2)[C@@H](CCCN)C1=O. The van der Waals surface area contributed by atoms with Gasteiger partial charge in [0.2, 0.25) is 11.8 Å². The summed E-state index contributed by atoms with van der Waals surface area (Å²) in [4.78, 5) is 42.6. The number of nitrogens with one attached hydrogen (secondary N) is 1. The Kier molecular flexibility index (Phi) is 8.03. The summed E-state index contributed by atoms with van der Waals surface area (Å²) in [6.07, 6.45) is 2.28. The lowest BCUT2D eigenvalue weighted by Crippen LogP contribution is -2.76. The Morgan fingerprint density at radius 3 is 2.59 bits per heavy atom. The van der Waals surface area contributed by atoms with E-state index in [0.29, 0.717) is 25.9 Å². The van der Waals surface area contributed by atoms with Crippen LogP contribution in [-0.4, -0.2) is 83.1 Å². The van der Waals surface area contributed by atoms with E-state index in [-0.39, 0.29) is 43.3 Å². The molecule has 0 unspecified atom stereocenters. The van der Waals surface area contributed by atoms with Crippen molar-refractivity contribution < 1.29 is 18.8 Å². The van der Waals surface area contributed by atoms with Gasteiger partial charge >= 0.3 is 6.03 Å². The summed E-state index contributed by atoms with van der Waals surface area (Å²) in [5.74, 6) is -0.592. The van der Waals surface area contributed by atoms with Gasteiger partial charge in [0.1, 0.15) is 18.0 Å². The van der Waals surface area contributed by atoms with Crippen LogP contribution in [0.4, 0.5) is 9.18 Å². The molecule has 0 aliphatic carbocycles. The van der Waals surface area contributed by atoms with Gasteiger partial charge in [-0.25, -0.2) is 19.2 Å². The molecule has 3 N–H and O–H groups in total. The summed E-state index contributed by atoms with van der Waals surface area (Å²) in [6, 6.07) is 4.91. The summed E-state index contributed by atoms with van der Waals surface area (Å²) in [7, 11) is 1.69. The fourth-order valence-corrected chi connectivity index (χ4v) is 4.30. The molecule has 32 heavy (non-hydrogen) atoms. The monoisotopic (exact) mass is 448 g/mol. The first-order valence-electron chi connectivity index (χ1n) is 11.2. The van der Waals surface area contributed by atoms with E-state index in [1.807, 2.05) is 0 Å². The van der Waals surface area contributed by atoms with E-state index in [9.17, 15) is 18.8 Å². The molecule has 9 nitrogen and oxygen atoms in total. The molecule has 0 radical (unpaired) electrons.